The maximum Gasteiger partial charge on any atom is 0.273 e. The number of benzene rings is 1. The molecule has 3 atom stereocenters. The Bertz CT molecular complexity index is 660. The van der Waals surface area contributed by atoms with Crippen molar-refractivity contribution in [2.45, 2.75) is 24.6 Å². The number of rotatable bonds is 3. The first-order valence-electron chi connectivity index (χ1n) is 7.87. The third-order valence-corrected chi connectivity index (χ3v) is 4.57. The second-order valence-corrected chi connectivity index (χ2v) is 6.10. The highest BCUT2D eigenvalue weighted by molar-refractivity contribution is 5.92. The van der Waals surface area contributed by atoms with E-state index in [1.165, 1.54) is 11.8 Å². The van der Waals surface area contributed by atoms with Gasteiger partial charge < -0.3 is 10.1 Å². The number of amides is 1. The van der Waals surface area contributed by atoms with Gasteiger partial charge in [0.1, 0.15) is 0 Å². The molecule has 7 heteroatoms. The lowest BCUT2D eigenvalue weighted by molar-refractivity contribution is -0.0502. The standard InChI is InChI=1S/C16H19N5O2/c22-16(14-7-17-20-19-14)18-12-6-13-10-23-15(9-21(13)8-12)11-4-2-1-3-5-11/h1-5,7,12-13,15H,6,8-10H2,(H,18,22)(H,17,19,20)/t12-,13+,15-/m1/s1. The van der Waals surface area contributed by atoms with Crippen LogP contribution in [-0.2, 0) is 4.74 Å². The Labute approximate surface area is 134 Å². The number of carbonyl (C=O) groups excluding carboxylic acids is 1. The lowest BCUT2D eigenvalue weighted by Crippen LogP contribution is -2.43. The molecule has 0 unspecified atom stereocenters. The lowest BCUT2D eigenvalue weighted by Gasteiger charge is -2.35. The van der Waals surface area contributed by atoms with Gasteiger partial charge in [0, 0.05) is 25.2 Å². The van der Waals surface area contributed by atoms with Crippen molar-refractivity contribution in [3.63, 3.8) is 0 Å². The maximum absolute atomic E-state index is 12.1. The van der Waals surface area contributed by atoms with Crippen LogP contribution in [0.15, 0.2) is 36.5 Å². The molecule has 23 heavy (non-hydrogen) atoms. The van der Waals surface area contributed by atoms with E-state index in [0.717, 1.165) is 19.5 Å². The fraction of sp³-hybridized carbons (Fsp3) is 0.438. The zero-order valence-electron chi connectivity index (χ0n) is 12.7. The molecule has 1 aromatic carbocycles. The van der Waals surface area contributed by atoms with Crippen LogP contribution in [0.5, 0.6) is 0 Å². The van der Waals surface area contributed by atoms with Gasteiger partial charge in [0.05, 0.1) is 18.9 Å². The minimum Gasteiger partial charge on any atom is -0.371 e. The second-order valence-electron chi connectivity index (χ2n) is 6.10. The fourth-order valence-corrected chi connectivity index (χ4v) is 3.42. The summed E-state index contributed by atoms with van der Waals surface area (Å²) in [6.07, 6.45) is 2.45. The van der Waals surface area contributed by atoms with Crippen LogP contribution in [0.2, 0.25) is 0 Å². The highest BCUT2D eigenvalue weighted by Gasteiger charge is 2.38. The number of aromatic nitrogens is 3. The van der Waals surface area contributed by atoms with Gasteiger partial charge in [-0.25, -0.2) is 0 Å². The number of hydrogen-bond donors (Lipinski definition) is 2. The van der Waals surface area contributed by atoms with Gasteiger partial charge in [-0.2, -0.15) is 15.4 Å². The van der Waals surface area contributed by atoms with Crippen molar-refractivity contribution in [3.8, 4) is 0 Å². The normalized spacial score (nSPS) is 27.6. The van der Waals surface area contributed by atoms with Crippen molar-refractivity contribution < 1.29 is 9.53 Å². The molecule has 0 aliphatic carbocycles. The molecule has 3 heterocycles. The largest absolute Gasteiger partial charge is 0.371 e. The van der Waals surface area contributed by atoms with Gasteiger partial charge in [-0.3, -0.25) is 9.69 Å². The number of aromatic amines is 1. The van der Waals surface area contributed by atoms with E-state index >= 15 is 0 Å². The topological polar surface area (TPSA) is 83.1 Å². The summed E-state index contributed by atoms with van der Waals surface area (Å²) in [7, 11) is 0. The summed E-state index contributed by atoms with van der Waals surface area (Å²) in [6.45, 7) is 2.42. The van der Waals surface area contributed by atoms with Crippen molar-refractivity contribution in [2.75, 3.05) is 19.7 Å². The predicted molar refractivity (Wildman–Crippen MR) is 82.7 cm³/mol. The number of fused-ring (bicyclic) bond motifs is 1. The monoisotopic (exact) mass is 313 g/mol. The van der Waals surface area contributed by atoms with Gasteiger partial charge in [0.15, 0.2) is 5.69 Å². The lowest BCUT2D eigenvalue weighted by atomic mass is 10.1. The molecule has 2 saturated heterocycles. The molecule has 0 spiro atoms. The highest BCUT2D eigenvalue weighted by atomic mass is 16.5. The first-order valence-corrected chi connectivity index (χ1v) is 7.87. The smallest absolute Gasteiger partial charge is 0.273 e. The molecule has 2 aromatic rings. The van der Waals surface area contributed by atoms with Crippen molar-refractivity contribution in [1.29, 1.82) is 0 Å². The Kier molecular flexibility index (Phi) is 3.80. The van der Waals surface area contributed by atoms with E-state index in [2.05, 4.69) is 37.8 Å². The SMILES string of the molecule is O=C(N[C@@H]1C[C@H]2CO[C@@H](c3ccccc3)CN2C1)c1cn[nH]n1. The summed E-state index contributed by atoms with van der Waals surface area (Å²) in [5, 5.41) is 13.0. The van der Waals surface area contributed by atoms with Crippen LogP contribution in [0.4, 0.5) is 0 Å². The van der Waals surface area contributed by atoms with Gasteiger partial charge >= 0.3 is 0 Å². The Morgan fingerprint density at radius 2 is 2.17 bits per heavy atom. The average Bonchev–Trinajstić information content (AvgIpc) is 3.24. The summed E-state index contributed by atoms with van der Waals surface area (Å²) in [5.74, 6) is -0.177. The van der Waals surface area contributed by atoms with Crippen LogP contribution in [0.25, 0.3) is 0 Å². The van der Waals surface area contributed by atoms with E-state index in [-0.39, 0.29) is 18.1 Å². The minimum atomic E-state index is -0.177. The van der Waals surface area contributed by atoms with E-state index < -0.39 is 0 Å². The molecule has 7 nitrogen and oxygen atoms in total. The van der Waals surface area contributed by atoms with Crippen LogP contribution >= 0.6 is 0 Å². The molecule has 1 aromatic heterocycles. The van der Waals surface area contributed by atoms with Gasteiger partial charge in [0.25, 0.3) is 5.91 Å². The zero-order chi connectivity index (χ0) is 15.6. The Balaban J connectivity index is 1.37. The second kappa shape index (κ2) is 6.10. The maximum atomic E-state index is 12.1. The number of carbonyl (C=O) groups is 1. The molecule has 2 aliphatic heterocycles. The molecule has 2 fully saturated rings. The molecule has 2 N–H and O–H groups in total. The van der Waals surface area contributed by atoms with Crippen molar-refractivity contribution in [1.82, 2.24) is 25.6 Å². The average molecular weight is 313 g/mol. The summed E-state index contributed by atoms with van der Waals surface area (Å²) in [5.41, 5.74) is 1.54. The van der Waals surface area contributed by atoms with E-state index in [0.29, 0.717) is 18.3 Å². The first kappa shape index (κ1) is 14.3. The molecule has 4 rings (SSSR count). The third kappa shape index (κ3) is 2.97. The van der Waals surface area contributed by atoms with Crippen molar-refractivity contribution in [3.05, 3.63) is 47.8 Å². The highest BCUT2D eigenvalue weighted by Crippen LogP contribution is 2.30. The predicted octanol–water partition coefficient (Wildman–Crippen LogP) is 0.749. The number of nitrogens with zero attached hydrogens (tertiary/aromatic N) is 3. The van der Waals surface area contributed by atoms with Crippen LogP contribution in [0.1, 0.15) is 28.6 Å². The zero-order valence-corrected chi connectivity index (χ0v) is 12.7. The summed E-state index contributed by atoms with van der Waals surface area (Å²) < 4.78 is 6.02. The number of ether oxygens (including phenoxy) is 1. The van der Waals surface area contributed by atoms with Crippen LogP contribution in [0.3, 0.4) is 0 Å². The van der Waals surface area contributed by atoms with E-state index in [4.69, 9.17) is 4.74 Å². The molecule has 0 radical (unpaired) electrons. The first-order chi connectivity index (χ1) is 11.3. The van der Waals surface area contributed by atoms with Crippen LogP contribution in [-0.4, -0.2) is 58.0 Å². The van der Waals surface area contributed by atoms with E-state index in [9.17, 15) is 4.79 Å². The van der Waals surface area contributed by atoms with Crippen molar-refractivity contribution >= 4 is 5.91 Å². The summed E-state index contributed by atoms with van der Waals surface area (Å²) in [6, 6.07) is 10.8. The van der Waals surface area contributed by atoms with Gasteiger partial charge in [0.2, 0.25) is 0 Å². The molecular weight excluding hydrogens is 294 g/mol. The van der Waals surface area contributed by atoms with Crippen LogP contribution < -0.4 is 5.32 Å². The number of H-pyrrole nitrogens is 1. The fourth-order valence-electron chi connectivity index (χ4n) is 3.42. The molecule has 1 amide bonds. The summed E-state index contributed by atoms with van der Waals surface area (Å²) in [4.78, 5) is 14.5. The Morgan fingerprint density at radius 3 is 2.96 bits per heavy atom. The molecule has 0 saturated carbocycles. The molecule has 2 aliphatic rings. The number of nitrogens with one attached hydrogen (secondary N) is 2. The third-order valence-electron chi connectivity index (χ3n) is 4.57. The van der Waals surface area contributed by atoms with Crippen molar-refractivity contribution in [2.24, 2.45) is 0 Å². The molecule has 120 valence electrons. The Hall–Kier alpha value is -2.25. The molecule has 0 bridgehead atoms. The molecular formula is C16H19N5O2. The number of hydrogen-bond acceptors (Lipinski definition) is 5. The van der Waals surface area contributed by atoms with E-state index in [1.807, 2.05) is 18.2 Å². The van der Waals surface area contributed by atoms with Gasteiger partial charge in [-0.05, 0) is 12.0 Å². The Morgan fingerprint density at radius 1 is 1.30 bits per heavy atom. The van der Waals surface area contributed by atoms with E-state index in [1.54, 1.807) is 0 Å². The quantitative estimate of drug-likeness (QED) is 0.873. The minimum absolute atomic E-state index is 0.109. The van der Waals surface area contributed by atoms with Gasteiger partial charge in [-0.15, -0.1) is 0 Å². The number of morpholine rings is 1. The summed E-state index contributed by atoms with van der Waals surface area (Å²) >= 11 is 0. The van der Waals surface area contributed by atoms with Crippen LogP contribution in [0, 0.1) is 0 Å². The van der Waals surface area contributed by atoms with Gasteiger partial charge in [-0.1, -0.05) is 30.3 Å².